The number of phenolic OH excluding ortho intramolecular Hbond substituents is 2. The van der Waals surface area contributed by atoms with E-state index in [1.54, 1.807) is 12.1 Å². The third-order valence-electron chi connectivity index (χ3n) is 2.56. The highest BCUT2D eigenvalue weighted by molar-refractivity contribution is 5.55. The summed E-state index contributed by atoms with van der Waals surface area (Å²) in [5.41, 5.74) is 0.731. The maximum atomic E-state index is 9.67. The van der Waals surface area contributed by atoms with E-state index in [4.69, 9.17) is 4.74 Å². The van der Waals surface area contributed by atoms with Crippen LogP contribution >= 0.6 is 0 Å². The van der Waals surface area contributed by atoms with E-state index in [2.05, 4.69) is 5.32 Å². The molecule has 2 rings (SSSR count). The first-order chi connectivity index (χ1) is 6.74. The summed E-state index contributed by atoms with van der Waals surface area (Å²) in [6.45, 7) is 0.955. The topological polar surface area (TPSA) is 61.7 Å². The second-order valence-electron chi connectivity index (χ2n) is 3.35. The van der Waals surface area contributed by atoms with Crippen LogP contribution in [-0.4, -0.2) is 23.9 Å². The van der Waals surface area contributed by atoms with Gasteiger partial charge in [-0.15, -0.1) is 0 Å². The number of benzene rings is 1. The number of aromatic hydroxyl groups is 2. The van der Waals surface area contributed by atoms with Crippen LogP contribution in [0.3, 0.4) is 0 Å². The summed E-state index contributed by atoms with van der Waals surface area (Å²) in [4.78, 5) is 0. The zero-order valence-corrected chi connectivity index (χ0v) is 7.95. The van der Waals surface area contributed by atoms with Crippen molar-refractivity contribution in [3.63, 3.8) is 0 Å². The van der Waals surface area contributed by atoms with Crippen molar-refractivity contribution in [2.45, 2.75) is 12.5 Å². The second-order valence-corrected chi connectivity index (χ2v) is 3.35. The van der Waals surface area contributed by atoms with Crippen LogP contribution in [0.1, 0.15) is 18.0 Å². The molecule has 1 heterocycles. The van der Waals surface area contributed by atoms with Crippen molar-refractivity contribution in [3.05, 3.63) is 17.7 Å². The van der Waals surface area contributed by atoms with Gasteiger partial charge in [0.15, 0.2) is 11.5 Å². The van der Waals surface area contributed by atoms with Crippen molar-refractivity contribution < 1.29 is 14.9 Å². The SMILES string of the molecule is COc1ccc([C@H]2CCN2)c(O)c1O. The summed E-state index contributed by atoms with van der Waals surface area (Å²) in [5, 5.41) is 22.4. The van der Waals surface area contributed by atoms with Crippen molar-refractivity contribution >= 4 is 0 Å². The van der Waals surface area contributed by atoms with Crippen LogP contribution in [-0.2, 0) is 0 Å². The molecule has 0 amide bonds. The van der Waals surface area contributed by atoms with Gasteiger partial charge in [-0.25, -0.2) is 0 Å². The molecule has 1 aromatic carbocycles. The summed E-state index contributed by atoms with van der Waals surface area (Å²) in [5.74, 6) is 0.0332. The predicted molar refractivity (Wildman–Crippen MR) is 51.7 cm³/mol. The summed E-state index contributed by atoms with van der Waals surface area (Å²) in [6.07, 6.45) is 0.985. The van der Waals surface area contributed by atoms with Crippen LogP contribution in [0.25, 0.3) is 0 Å². The fraction of sp³-hybridized carbons (Fsp3) is 0.400. The molecular weight excluding hydrogens is 182 g/mol. The second kappa shape index (κ2) is 3.38. The molecule has 1 saturated heterocycles. The Morgan fingerprint density at radius 1 is 1.36 bits per heavy atom. The smallest absolute Gasteiger partial charge is 0.200 e. The number of methoxy groups -OCH3 is 1. The minimum atomic E-state index is -0.182. The Kier molecular flexibility index (Phi) is 2.21. The number of rotatable bonds is 2. The molecule has 4 nitrogen and oxygen atoms in total. The highest BCUT2D eigenvalue weighted by Gasteiger charge is 2.24. The van der Waals surface area contributed by atoms with Gasteiger partial charge in [-0.05, 0) is 25.1 Å². The molecule has 0 unspecified atom stereocenters. The third-order valence-corrected chi connectivity index (χ3v) is 2.56. The lowest BCUT2D eigenvalue weighted by atomic mass is 9.96. The van der Waals surface area contributed by atoms with Gasteiger partial charge < -0.3 is 20.3 Å². The van der Waals surface area contributed by atoms with Gasteiger partial charge in [0.1, 0.15) is 0 Å². The van der Waals surface area contributed by atoms with Gasteiger partial charge in [0, 0.05) is 11.6 Å². The summed E-state index contributed by atoms with van der Waals surface area (Å²) >= 11 is 0. The van der Waals surface area contributed by atoms with E-state index >= 15 is 0 Å². The van der Waals surface area contributed by atoms with Crippen LogP contribution < -0.4 is 10.1 Å². The standard InChI is InChI=1S/C10H13NO3/c1-14-8-3-2-6(7-4-5-11-7)9(12)10(8)13/h2-3,7,11-13H,4-5H2,1H3/t7-/m1/s1. The molecule has 0 aromatic heterocycles. The Labute approximate surface area is 82.1 Å². The van der Waals surface area contributed by atoms with Crippen molar-refractivity contribution in [2.24, 2.45) is 0 Å². The molecule has 0 spiro atoms. The molecule has 4 heteroatoms. The number of phenols is 2. The molecule has 1 atom stereocenters. The molecule has 1 aliphatic rings. The minimum Gasteiger partial charge on any atom is -0.504 e. The van der Waals surface area contributed by atoms with Crippen LogP contribution in [0.2, 0.25) is 0 Å². The zero-order chi connectivity index (χ0) is 10.1. The summed E-state index contributed by atoms with van der Waals surface area (Å²) in [6, 6.07) is 3.58. The number of ether oxygens (including phenoxy) is 1. The van der Waals surface area contributed by atoms with E-state index in [9.17, 15) is 10.2 Å². The average Bonchev–Trinajstić information content (AvgIpc) is 2.10. The van der Waals surface area contributed by atoms with Crippen LogP contribution in [0, 0.1) is 0 Å². The van der Waals surface area contributed by atoms with Crippen LogP contribution in [0.15, 0.2) is 12.1 Å². The van der Waals surface area contributed by atoms with Gasteiger partial charge >= 0.3 is 0 Å². The average molecular weight is 195 g/mol. The van der Waals surface area contributed by atoms with Gasteiger partial charge in [0.05, 0.1) is 7.11 Å². The predicted octanol–water partition coefficient (Wildman–Crippen LogP) is 1.14. The molecule has 0 aliphatic carbocycles. The first-order valence-corrected chi connectivity index (χ1v) is 4.56. The van der Waals surface area contributed by atoms with Crippen LogP contribution in [0.5, 0.6) is 17.2 Å². The monoisotopic (exact) mass is 195 g/mol. The minimum absolute atomic E-state index is 0.0819. The quantitative estimate of drug-likeness (QED) is 0.619. The molecule has 1 aromatic rings. The highest BCUT2D eigenvalue weighted by Crippen LogP contribution is 2.42. The van der Waals surface area contributed by atoms with Gasteiger partial charge in [-0.2, -0.15) is 0 Å². The molecule has 0 radical (unpaired) electrons. The molecule has 1 fully saturated rings. The normalized spacial score (nSPS) is 20.2. The summed E-state index contributed by atoms with van der Waals surface area (Å²) in [7, 11) is 1.45. The fourth-order valence-corrected chi connectivity index (χ4v) is 1.58. The fourth-order valence-electron chi connectivity index (χ4n) is 1.58. The van der Waals surface area contributed by atoms with E-state index in [0.29, 0.717) is 5.75 Å². The Morgan fingerprint density at radius 3 is 2.57 bits per heavy atom. The highest BCUT2D eigenvalue weighted by atomic mass is 16.5. The molecule has 1 aliphatic heterocycles. The number of hydrogen-bond acceptors (Lipinski definition) is 4. The molecule has 14 heavy (non-hydrogen) atoms. The lowest BCUT2D eigenvalue weighted by Crippen LogP contribution is -2.34. The van der Waals surface area contributed by atoms with Gasteiger partial charge in [0.2, 0.25) is 5.75 Å². The first kappa shape index (κ1) is 9.15. The van der Waals surface area contributed by atoms with Gasteiger partial charge in [0.25, 0.3) is 0 Å². The lowest BCUT2D eigenvalue weighted by molar-refractivity contribution is 0.331. The van der Waals surface area contributed by atoms with Crippen molar-refractivity contribution in [1.82, 2.24) is 5.32 Å². The van der Waals surface area contributed by atoms with E-state index in [1.807, 2.05) is 0 Å². The molecule has 0 saturated carbocycles. The molecule has 76 valence electrons. The number of hydrogen-bond donors (Lipinski definition) is 3. The van der Waals surface area contributed by atoms with Crippen molar-refractivity contribution in [3.8, 4) is 17.2 Å². The maximum absolute atomic E-state index is 9.67. The largest absolute Gasteiger partial charge is 0.504 e. The van der Waals surface area contributed by atoms with Gasteiger partial charge in [-0.3, -0.25) is 0 Å². The van der Waals surface area contributed by atoms with E-state index in [0.717, 1.165) is 18.5 Å². The Hall–Kier alpha value is -1.42. The van der Waals surface area contributed by atoms with E-state index in [1.165, 1.54) is 7.11 Å². The van der Waals surface area contributed by atoms with Gasteiger partial charge in [-0.1, -0.05) is 0 Å². The Morgan fingerprint density at radius 2 is 2.07 bits per heavy atom. The Bertz CT molecular complexity index is 347. The van der Waals surface area contributed by atoms with E-state index in [-0.39, 0.29) is 17.5 Å². The molecular formula is C10H13NO3. The first-order valence-electron chi connectivity index (χ1n) is 4.56. The van der Waals surface area contributed by atoms with Crippen LogP contribution in [0.4, 0.5) is 0 Å². The third kappa shape index (κ3) is 1.28. The Balaban J connectivity index is 2.38. The van der Waals surface area contributed by atoms with E-state index < -0.39 is 0 Å². The lowest BCUT2D eigenvalue weighted by Gasteiger charge is -2.28. The zero-order valence-electron chi connectivity index (χ0n) is 7.95. The van der Waals surface area contributed by atoms with Crippen molar-refractivity contribution in [2.75, 3.05) is 13.7 Å². The molecule has 3 N–H and O–H groups in total. The number of nitrogens with one attached hydrogen (secondary N) is 1. The maximum Gasteiger partial charge on any atom is 0.200 e. The van der Waals surface area contributed by atoms with Crippen molar-refractivity contribution in [1.29, 1.82) is 0 Å². The summed E-state index contributed by atoms with van der Waals surface area (Å²) < 4.78 is 4.88. The molecule has 0 bridgehead atoms.